The summed E-state index contributed by atoms with van der Waals surface area (Å²) in [5, 5.41) is 0. The lowest BCUT2D eigenvalue weighted by Crippen LogP contribution is -1.96. The molecule has 0 heteroatoms. The fourth-order valence-corrected chi connectivity index (χ4v) is 1.07. The van der Waals surface area contributed by atoms with Gasteiger partial charge in [0.2, 0.25) is 0 Å². The zero-order valence-corrected chi connectivity index (χ0v) is 7.93. The first-order chi connectivity index (χ1) is 5.22. The van der Waals surface area contributed by atoms with E-state index in [4.69, 9.17) is 6.58 Å². The molecule has 11 heavy (non-hydrogen) atoms. The minimum absolute atomic E-state index is 0.580. The Balaban J connectivity index is 3.63. The fourth-order valence-electron chi connectivity index (χ4n) is 1.07. The number of allylic oxidation sites excluding steroid dienone is 3. The van der Waals surface area contributed by atoms with E-state index < -0.39 is 0 Å². The van der Waals surface area contributed by atoms with Crippen molar-refractivity contribution in [1.29, 1.82) is 0 Å². The summed E-state index contributed by atoms with van der Waals surface area (Å²) in [6.07, 6.45) is 7.53. The summed E-state index contributed by atoms with van der Waals surface area (Å²) in [7, 11) is 0. The Labute approximate surface area is 71.0 Å². The highest BCUT2D eigenvalue weighted by atomic mass is 14.1. The van der Waals surface area contributed by atoms with Gasteiger partial charge in [-0.3, -0.25) is 0 Å². The number of rotatable bonds is 5. The van der Waals surface area contributed by atoms with Crippen molar-refractivity contribution in [3.05, 3.63) is 24.3 Å². The highest BCUT2D eigenvalue weighted by Gasteiger charge is 2.02. The minimum Gasteiger partial charge on any atom is -0.0913 e. The van der Waals surface area contributed by atoms with Gasteiger partial charge in [-0.2, -0.15) is 0 Å². The molecule has 63 valence electrons. The van der Waals surface area contributed by atoms with Crippen LogP contribution in [0.1, 0.15) is 40.0 Å². The van der Waals surface area contributed by atoms with Gasteiger partial charge in [-0.1, -0.05) is 44.6 Å². The SMILES string of the molecule is [CH]=C(CC=CC)C(C)CCC. The normalized spacial score (nSPS) is 13.7. The van der Waals surface area contributed by atoms with Crippen molar-refractivity contribution >= 4 is 0 Å². The lowest BCUT2D eigenvalue weighted by molar-refractivity contribution is 0.592. The molecular formula is C11H19. The third-order valence-corrected chi connectivity index (χ3v) is 1.94. The molecule has 0 aliphatic heterocycles. The Hall–Kier alpha value is -0.520. The van der Waals surface area contributed by atoms with Crippen LogP contribution in [0.2, 0.25) is 0 Å². The van der Waals surface area contributed by atoms with Gasteiger partial charge in [0, 0.05) is 0 Å². The molecule has 0 aliphatic rings. The second-order valence-corrected chi connectivity index (χ2v) is 3.04. The van der Waals surface area contributed by atoms with Gasteiger partial charge in [0.15, 0.2) is 0 Å². The van der Waals surface area contributed by atoms with Crippen LogP contribution in [-0.4, -0.2) is 0 Å². The van der Waals surface area contributed by atoms with Gasteiger partial charge < -0.3 is 0 Å². The van der Waals surface area contributed by atoms with Crippen molar-refractivity contribution in [1.82, 2.24) is 0 Å². The molecule has 0 aromatic rings. The molecule has 0 saturated heterocycles. The second kappa shape index (κ2) is 6.21. The summed E-state index contributed by atoms with van der Waals surface area (Å²) in [6.45, 7) is 12.3. The molecule has 0 N–H and O–H groups in total. The van der Waals surface area contributed by atoms with Gasteiger partial charge in [-0.15, -0.1) is 0 Å². The van der Waals surface area contributed by atoms with E-state index in [1.165, 1.54) is 12.8 Å². The monoisotopic (exact) mass is 151 g/mol. The molecule has 0 heterocycles. The molecule has 0 spiro atoms. The Morgan fingerprint density at radius 2 is 2.18 bits per heavy atom. The van der Waals surface area contributed by atoms with Crippen LogP contribution in [0.15, 0.2) is 17.7 Å². The lowest BCUT2D eigenvalue weighted by atomic mass is 9.95. The maximum absolute atomic E-state index is 5.85. The summed E-state index contributed by atoms with van der Waals surface area (Å²) in [5.74, 6) is 0.580. The highest BCUT2D eigenvalue weighted by Crippen LogP contribution is 2.17. The Kier molecular flexibility index (Phi) is 5.91. The molecule has 1 atom stereocenters. The van der Waals surface area contributed by atoms with Gasteiger partial charge in [-0.25, -0.2) is 0 Å². The van der Waals surface area contributed by atoms with Crippen molar-refractivity contribution in [2.75, 3.05) is 0 Å². The van der Waals surface area contributed by atoms with Crippen LogP contribution in [0.3, 0.4) is 0 Å². The molecule has 0 aliphatic carbocycles. The van der Waals surface area contributed by atoms with Crippen molar-refractivity contribution < 1.29 is 0 Å². The van der Waals surface area contributed by atoms with Gasteiger partial charge in [0.1, 0.15) is 0 Å². The van der Waals surface area contributed by atoms with E-state index in [1.54, 1.807) is 0 Å². The van der Waals surface area contributed by atoms with Crippen LogP contribution in [0, 0.1) is 12.5 Å². The summed E-state index contributed by atoms with van der Waals surface area (Å²) in [4.78, 5) is 0. The fraction of sp³-hybridized carbons (Fsp3) is 0.636. The van der Waals surface area contributed by atoms with Gasteiger partial charge >= 0.3 is 0 Å². The number of hydrogen-bond acceptors (Lipinski definition) is 0. The van der Waals surface area contributed by atoms with E-state index in [2.05, 4.69) is 19.9 Å². The van der Waals surface area contributed by atoms with E-state index in [0.717, 1.165) is 12.0 Å². The van der Waals surface area contributed by atoms with Crippen LogP contribution >= 0.6 is 0 Å². The van der Waals surface area contributed by atoms with Crippen LogP contribution in [0.25, 0.3) is 0 Å². The zero-order chi connectivity index (χ0) is 8.69. The van der Waals surface area contributed by atoms with Crippen molar-refractivity contribution in [2.45, 2.75) is 40.0 Å². The largest absolute Gasteiger partial charge is 0.0913 e. The van der Waals surface area contributed by atoms with Crippen molar-refractivity contribution in [3.8, 4) is 0 Å². The van der Waals surface area contributed by atoms with E-state index in [9.17, 15) is 0 Å². The average Bonchev–Trinajstić information content (AvgIpc) is 2.00. The molecule has 0 aromatic heterocycles. The first-order valence-corrected chi connectivity index (χ1v) is 4.44. The minimum atomic E-state index is 0.580. The summed E-state index contributed by atoms with van der Waals surface area (Å²) >= 11 is 0. The Morgan fingerprint density at radius 3 is 2.64 bits per heavy atom. The molecule has 0 nitrogen and oxygen atoms in total. The predicted octanol–water partition coefficient (Wildman–Crippen LogP) is 3.75. The average molecular weight is 151 g/mol. The maximum Gasteiger partial charge on any atom is -0.0133 e. The van der Waals surface area contributed by atoms with Crippen LogP contribution in [0.4, 0.5) is 0 Å². The topological polar surface area (TPSA) is 0 Å². The molecule has 0 rings (SSSR count). The second-order valence-electron chi connectivity index (χ2n) is 3.04. The third-order valence-electron chi connectivity index (χ3n) is 1.94. The molecule has 0 fully saturated rings. The third kappa shape index (κ3) is 4.83. The number of hydrogen-bond donors (Lipinski definition) is 0. The maximum atomic E-state index is 5.85. The van der Waals surface area contributed by atoms with Gasteiger partial charge in [0.25, 0.3) is 0 Å². The molecule has 0 bridgehead atoms. The van der Waals surface area contributed by atoms with Crippen LogP contribution < -0.4 is 0 Å². The quantitative estimate of drug-likeness (QED) is 0.525. The molecule has 1 radical (unpaired) electrons. The van der Waals surface area contributed by atoms with Gasteiger partial charge in [0.05, 0.1) is 0 Å². The molecular weight excluding hydrogens is 132 g/mol. The first-order valence-electron chi connectivity index (χ1n) is 4.44. The standard InChI is InChI=1S/C11H19/c1-5-7-9-11(4)10(3)8-6-2/h4-5,7,10H,6,8-9H2,1-3H3. The van der Waals surface area contributed by atoms with Crippen LogP contribution in [-0.2, 0) is 0 Å². The molecule has 0 saturated carbocycles. The Bertz CT molecular complexity index is 131. The summed E-state index contributed by atoms with van der Waals surface area (Å²) in [6, 6.07) is 0. The van der Waals surface area contributed by atoms with E-state index in [1.807, 2.05) is 13.0 Å². The van der Waals surface area contributed by atoms with Crippen molar-refractivity contribution in [3.63, 3.8) is 0 Å². The van der Waals surface area contributed by atoms with E-state index in [0.29, 0.717) is 5.92 Å². The molecule has 0 aromatic carbocycles. The van der Waals surface area contributed by atoms with Crippen molar-refractivity contribution in [2.24, 2.45) is 5.92 Å². The lowest BCUT2D eigenvalue weighted by Gasteiger charge is -2.10. The van der Waals surface area contributed by atoms with E-state index >= 15 is 0 Å². The smallest absolute Gasteiger partial charge is 0.0133 e. The zero-order valence-electron chi connectivity index (χ0n) is 7.93. The summed E-state index contributed by atoms with van der Waals surface area (Å²) < 4.78 is 0. The Morgan fingerprint density at radius 1 is 1.55 bits per heavy atom. The molecule has 1 unspecified atom stereocenters. The summed E-state index contributed by atoms with van der Waals surface area (Å²) in [5.41, 5.74) is 1.12. The van der Waals surface area contributed by atoms with E-state index in [-0.39, 0.29) is 0 Å². The highest BCUT2D eigenvalue weighted by molar-refractivity contribution is 5.02. The van der Waals surface area contributed by atoms with Crippen LogP contribution in [0.5, 0.6) is 0 Å². The van der Waals surface area contributed by atoms with Gasteiger partial charge in [-0.05, 0) is 25.7 Å². The predicted molar refractivity (Wildman–Crippen MR) is 51.3 cm³/mol. The molecule has 0 amide bonds. The first kappa shape index (κ1) is 10.5.